The fraction of sp³-hybridized carbons (Fsp3) is 0.643. The van der Waals surface area contributed by atoms with Gasteiger partial charge in [0.25, 0.3) is 0 Å². The van der Waals surface area contributed by atoms with E-state index in [4.69, 9.17) is 0 Å². The molecule has 0 aliphatic carbocycles. The van der Waals surface area contributed by atoms with Gasteiger partial charge in [0.1, 0.15) is 6.54 Å². The molecule has 1 nitrogen and oxygen atoms in total. The molecule has 0 saturated carbocycles. The first-order valence-corrected chi connectivity index (χ1v) is 6.32. The lowest BCUT2D eigenvalue weighted by molar-refractivity contribution is -0.697. The molecule has 0 aliphatic heterocycles. The number of pyridine rings is 1. The second-order valence-corrected chi connectivity index (χ2v) is 4.29. The molecule has 0 amide bonds. The minimum absolute atomic E-state index is 1.15. The molecule has 0 N–H and O–H groups in total. The Balaban J connectivity index is 2.86. The molecular formula is C14H24N+. The summed E-state index contributed by atoms with van der Waals surface area (Å²) in [5, 5.41) is 0. The highest BCUT2D eigenvalue weighted by molar-refractivity contribution is 5.15. The van der Waals surface area contributed by atoms with E-state index in [1.165, 1.54) is 43.2 Å². The van der Waals surface area contributed by atoms with Crippen molar-refractivity contribution in [2.24, 2.45) is 0 Å². The number of aryl methyl sites for hydroxylation is 3. The van der Waals surface area contributed by atoms with Gasteiger partial charge in [0.2, 0.25) is 0 Å². The number of hydrogen-bond acceptors (Lipinski definition) is 0. The molecule has 0 unspecified atom stereocenters. The first-order valence-electron chi connectivity index (χ1n) is 6.32. The third kappa shape index (κ3) is 4.03. The molecule has 0 radical (unpaired) electrons. The van der Waals surface area contributed by atoms with E-state index in [1.807, 2.05) is 0 Å². The zero-order valence-electron chi connectivity index (χ0n) is 10.4. The Morgan fingerprint density at radius 1 is 0.867 bits per heavy atom. The second-order valence-electron chi connectivity index (χ2n) is 4.29. The van der Waals surface area contributed by atoms with Crippen LogP contribution in [0.25, 0.3) is 0 Å². The highest BCUT2D eigenvalue weighted by Crippen LogP contribution is 2.06. The predicted octanol–water partition coefficient (Wildman–Crippen LogP) is 3.29. The van der Waals surface area contributed by atoms with Crippen molar-refractivity contribution in [2.75, 3.05) is 0 Å². The lowest BCUT2D eigenvalue weighted by atomic mass is 10.1. The maximum absolute atomic E-state index is 2.37. The Morgan fingerprint density at radius 3 is 1.80 bits per heavy atom. The molecule has 0 bridgehead atoms. The van der Waals surface area contributed by atoms with Crippen molar-refractivity contribution in [3.8, 4) is 0 Å². The number of nitrogens with zero attached hydrogens (tertiary/aromatic N) is 1. The number of rotatable bonds is 6. The zero-order chi connectivity index (χ0) is 11.1. The van der Waals surface area contributed by atoms with E-state index in [-0.39, 0.29) is 0 Å². The van der Waals surface area contributed by atoms with Crippen LogP contribution in [0.5, 0.6) is 0 Å². The van der Waals surface area contributed by atoms with Crippen LogP contribution in [0, 0.1) is 0 Å². The zero-order valence-corrected chi connectivity index (χ0v) is 10.4. The van der Waals surface area contributed by atoms with Gasteiger partial charge in [-0.2, -0.15) is 0 Å². The molecule has 0 aliphatic rings. The summed E-state index contributed by atoms with van der Waals surface area (Å²) in [5.41, 5.74) is 2.99. The van der Waals surface area contributed by atoms with Gasteiger partial charge in [-0.25, -0.2) is 4.57 Å². The lowest BCUT2D eigenvalue weighted by Crippen LogP contribution is -2.34. The van der Waals surface area contributed by atoms with E-state index in [9.17, 15) is 0 Å². The number of hydrogen-bond donors (Lipinski definition) is 0. The minimum atomic E-state index is 1.15. The average Bonchev–Trinajstić information content (AvgIpc) is 2.19. The molecule has 15 heavy (non-hydrogen) atoms. The predicted molar refractivity (Wildman–Crippen MR) is 64.9 cm³/mol. The Labute approximate surface area is 94.1 Å². The number of aromatic nitrogens is 1. The third-order valence-electron chi connectivity index (χ3n) is 2.59. The molecule has 1 heterocycles. The molecule has 0 aromatic carbocycles. The van der Waals surface area contributed by atoms with Crippen LogP contribution in [0.3, 0.4) is 0 Å². The summed E-state index contributed by atoms with van der Waals surface area (Å²) < 4.78 is 2.36. The summed E-state index contributed by atoms with van der Waals surface area (Å²) in [4.78, 5) is 0. The quantitative estimate of drug-likeness (QED) is 0.629. The van der Waals surface area contributed by atoms with Crippen molar-refractivity contribution < 1.29 is 4.57 Å². The normalized spacial score (nSPS) is 10.6. The molecular weight excluding hydrogens is 182 g/mol. The Bertz CT molecular complexity index is 231. The second kappa shape index (κ2) is 6.60. The summed E-state index contributed by atoms with van der Waals surface area (Å²) in [6.45, 7) is 7.88. The molecule has 0 saturated heterocycles. The van der Waals surface area contributed by atoms with E-state index >= 15 is 0 Å². The van der Waals surface area contributed by atoms with Crippen LogP contribution < -0.4 is 4.57 Å². The van der Waals surface area contributed by atoms with Crippen molar-refractivity contribution in [2.45, 2.75) is 59.4 Å². The van der Waals surface area contributed by atoms with Crippen molar-refractivity contribution in [1.82, 2.24) is 0 Å². The van der Waals surface area contributed by atoms with Crippen molar-refractivity contribution in [1.29, 1.82) is 0 Å². The molecule has 1 aromatic rings. The SMILES string of the molecule is CCCc1cc(CCC)c[n+](CCC)c1. The Morgan fingerprint density at radius 2 is 1.40 bits per heavy atom. The average molecular weight is 206 g/mol. The van der Waals surface area contributed by atoms with E-state index in [0.29, 0.717) is 0 Å². The van der Waals surface area contributed by atoms with Crippen LogP contribution >= 0.6 is 0 Å². The first-order chi connectivity index (χ1) is 7.30. The van der Waals surface area contributed by atoms with Gasteiger partial charge in [-0.15, -0.1) is 0 Å². The van der Waals surface area contributed by atoms with Gasteiger partial charge in [0.15, 0.2) is 12.4 Å². The van der Waals surface area contributed by atoms with Gasteiger partial charge in [0, 0.05) is 17.5 Å². The maximum atomic E-state index is 2.37. The van der Waals surface area contributed by atoms with Gasteiger partial charge in [-0.3, -0.25) is 0 Å². The molecule has 1 aromatic heterocycles. The maximum Gasteiger partial charge on any atom is 0.171 e. The third-order valence-corrected chi connectivity index (χ3v) is 2.59. The van der Waals surface area contributed by atoms with Crippen LogP contribution in [-0.2, 0) is 19.4 Å². The van der Waals surface area contributed by atoms with Crippen LogP contribution in [0.4, 0.5) is 0 Å². The van der Waals surface area contributed by atoms with Crippen molar-refractivity contribution in [3.05, 3.63) is 29.6 Å². The van der Waals surface area contributed by atoms with Gasteiger partial charge in [-0.1, -0.05) is 33.6 Å². The molecule has 0 atom stereocenters. The van der Waals surface area contributed by atoms with Gasteiger partial charge < -0.3 is 0 Å². The van der Waals surface area contributed by atoms with Crippen LogP contribution in [-0.4, -0.2) is 0 Å². The monoisotopic (exact) mass is 206 g/mol. The van der Waals surface area contributed by atoms with Crippen molar-refractivity contribution in [3.63, 3.8) is 0 Å². The van der Waals surface area contributed by atoms with E-state index in [0.717, 1.165) is 6.54 Å². The van der Waals surface area contributed by atoms with E-state index in [2.05, 4.69) is 43.8 Å². The molecule has 1 heteroatoms. The van der Waals surface area contributed by atoms with Gasteiger partial charge in [-0.05, 0) is 18.9 Å². The Hall–Kier alpha value is -0.850. The topological polar surface area (TPSA) is 3.88 Å². The smallest absolute Gasteiger partial charge is 0.171 e. The summed E-state index contributed by atoms with van der Waals surface area (Å²) in [5.74, 6) is 0. The van der Waals surface area contributed by atoms with E-state index < -0.39 is 0 Å². The first kappa shape index (κ1) is 12.2. The van der Waals surface area contributed by atoms with Crippen LogP contribution in [0.15, 0.2) is 18.5 Å². The van der Waals surface area contributed by atoms with Gasteiger partial charge >= 0.3 is 0 Å². The highest BCUT2D eigenvalue weighted by Gasteiger charge is 2.05. The molecule has 1 rings (SSSR count). The summed E-state index contributed by atoms with van der Waals surface area (Å²) in [6, 6.07) is 2.37. The Kier molecular flexibility index (Phi) is 5.38. The lowest BCUT2D eigenvalue weighted by Gasteiger charge is -2.03. The fourth-order valence-corrected chi connectivity index (χ4v) is 2.01. The van der Waals surface area contributed by atoms with Crippen molar-refractivity contribution >= 4 is 0 Å². The molecule has 0 fully saturated rings. The fourth-order valence-electron chi connectivity index (χ4n) is 2.01. The standard InChI is InChI=1S/C14H24N/c1-4-7-13-10-14(8-5-2)12-15(11-13)9-6-3/h10-12H,4-9H2,1-3H3/q+1. The largest absolute Gasteiger partial charge is 0.205 e. The van der Waals surface area contributed by atoms with Gasteiger partial charge in [0.05, 0.1) is 0 Å². The minimum Gasteiger partial charge on any atom is -0.205 e. The molecule has 0 spiro atoms. The molecule has 84 valence electrons. The summed E-state index contributed by atoms with van der Waals surface area (Å²) in [7, 11) is 0. The van der Waals surface area contributed by atoms with E-state index in [1.54, 1.807) is 0 Å². The van der Waals surface area contributed by atoms with Crippen LogP contribution in [0.2, 0.25) is 0 Å². The summed E-state index contributed by atoms with van der Waals surface area (Å²) in [6.07, 6.45) is 10.7. The van der Waals surface area contributed by atoms with Crippen LogP contribution in [0.1, 0.15) is 51.2 Å². The summed E-state index contributed by atoms with van der Waals surface area (Å²) >= 11 is 0. The highest BCUT2D eigenvalue weighted by atomic mass is 14.9.